The average Bonchev–Trinajstić information content (AvgIpc) is 3.43. The Morgan fingerprint density at radius 1 is 0.395 bits per heavy atom. The van der Waals surface area contributed by atoms with Gasteiger partial charge in [0.2, 0.25) is 0 Å². The van der Waals surface area contributed by atoms with Crippen molar-refractivity contribution in [3.63, 3.8) is 0 Å². The van der Waals surface area contributed by atoms with E-state index in [1.165, 1.54) is 10.9 Å². The van der Waals surface area contributed by atoms with Gasteiger partial charge < -0.3 is 0 Å². The maximum atomic E-state index is 5.08. The van der Waals surface area contributed by atoms with Crippen molar-refractivity contribution in [2.24, 2.45) is 0 Å². The van der Waals surface area contributed by atoms with Crippen LogP contribution in [-0.4, -0.2) is 24.5 Å². The Kier molecular flexibility index (Phi) is 6.05. The fourth-order valence-corrected chi connectivity index (χ4v) is 5.70. The number of hydrogen-bond acceptors (Lipinski definition) is 4. The molecule has 0 saturated carbocycles. The van der Waals surface area contributed by atoms with Gasteiger partial charge in [0.1, 0.15) is 5.82 Å². The number of benzene rings is 3. The molecule has 5 aromatic heterocycles. The van der Waals surface area contributed by atoms with E-state index in [2.05, 4.69) is 88.4 Å². The van der Waals surface area contributed by atoms with Crippen LogP contribution < -0.4 is 0 Å². The maximum absolute atomic E-state index is 5.08. The highest BCUT2D eigenvalue weighted by molar-refractivity contribution is 6.08. The Bertz CT molecular complexity index is 2200. The van der Waals surface area contributed by atoms with Gasteiger partial charge in [0.25, 0.3) is 0 Å². The van der Waals surface area contributed by atoms with Crippen LogP contribution >= 0.6 is 0 Å². The van der Waals surface area contributed by atoms with E-state index in [1.807, 2.05) is 73.1 Å². The predicted octanol–water partition coefficient (Wildman–Crippen LogP) is 9.03. The number of hydrogen-bond donors (Lipinski definition) is 0. The number of para-hydroxylation sites is 1. The van der Waals surface area contributed by atoms with Crippen LogP contribution in [0.1, 0.15) is 0 Å². The van der Waals surface area contributed by atoms with E-state index < -0.39 is 0 Å². The lowest BCUT2D eigenvalue weighted by Crippen LogP contribution is -1.99. The second-order valence-corrected chi connectivity index (χ2v) is 10.4. The normalized spacial score (nSPS) is 11.3. The van der Waals surface area contributed by atoms with Crippen LogP contribution in [0.3, 0.4) is 0 Å². The van der Waals surface area contributed by atoms with Crippen molar-refractivity contribution in [1.29, 1.82) is 0 Å². The number of nitrogens with zero attached hydrogens (tertiary/aromatic N) is 5. The number of fused-ring (bicyclic) bond motifs is 3. The van der Waals surface area contributed by atoms with E-state index in [4.69, 9.17) is 15.0 Å². The molecule has 0 radical (unpaired) electrons. The Hall–Kier alpha value is -5.94. The molecule has 0 atom stereocenters. The summed E-state index contributed by atoms with van der Waals surface area (Å²) >= 11 is 0. The number of rotatable bonds is 5. The van der Waals surface area contributed by atoms with Gasteiger partial charge in [-0.2, -0.15) is 0 Å². The third kappa shape index (κ3) is 4.53. The third-order valence-corrected chi connectivity index (χ3v) is 7.73. The fourth-order valence-electron chi connectivity index (χ4n) is 5.70. The second-order valence-electron chi connectivity index (χ2n) is 10.4. The van der Waals surface area contributed by atoms with Gasteiger partial charge in [0.05, 0.1) is 45.7 Å². The Labute approximate surface area is 248 Å². The molecule has 5 heteroatoms. The molecule has 0 spiro atoms. The van der Waals surface area contributed by atoms with E-state index in [1.54, 1.807) is 0 Å². The topological polar surface area (TPSA) is 56.5 Å². The standard InChI is InChI=1S/C38H25N5/c1-2-10-26(11-3-1)27-12-6-13-28(24-27)31-15-7-16-32(40-31)33-17-8-18-34(41-33)35-19-9-21-38(42-35)43-36-20-5-4-14-29(36)30-22-23-39-25-37(30)43/h1-25H. The van der Waals surface area contributed by atoms with Gasteiger partial charge in [0.15, 0.2) is 0 Å². The molecule has 202 valence electrons. The van der Waals surface area contributed by atoms with Crippen molar-refractivity contribution in [2.45, 2.75) is 0 Å². The summed E-state index contributed by atoms with van der Waals surface area (Å²) < 4.78 is 2.17. The minimum Gasteiger partial charge on any atom is -0.292 e. The van der Waals surface area contributed by atoms with Crippen molar-refractivity contribution < 1.29 is 0 Å². The molecule has 0 aliphatic carbocycles. The summed E-state index contributed by atoms with van der Waals surface area (Å²) in [4.78, 5) is 19.5. The number of aromatic nitrogens is 5. The summed E-state index contributed by atoms with van der Waals surface area (Å²) in [5.74, 6) is 0.822. The maximum Gasteiger partial charge on any atom is 0.138 e. The summed E-state index contributed by atoms with van der Waals surface area (Å²) in [6.45, 7) is 0. The first-order chi connectivity index (χ1) is 21.3. The Morgan fingerprint density at radius 3 is 1.79 bits per heavy atom. The largest absolute Gasteiger partial charge is 0.292 e. The minimum atomic E-state index is 0.788. The summed E-state index contributed by atoms with van der Waals surface area (Å²) in [6.07, 6.45) is 3.73. The lowest BCUT2D eigenvalue weighted by molar-refractivity contribution is 1.07. The first kappa shape index (κ1) is 24.8. The molecule has 0 aliphatic heterocycles. The number of pyridine rings is 4. The first-order valence-electron chi connectivity index (χ1n) is 14.2. The lowest BCUT2D eigenvalue weighted by atomic mass is 10.0. The van der Waals surface area contributed by atoms with E-state index in [-0.39, 0.29) is 0 Å². The van der Waals surface area contributed by atoms with Crippen molar-refractivity contribution in [3.05, 3.63) is 152 Å². The molecule has 0 unspecified atom stereocenters. The van der Waals surface area contributed by atoms with Gasteiger partial charge >= 0.3 is 0 Å². The molecule has 43 heavy (non-hydrogen) atoms. The summed E-state index contributed by atoms with van der Waals surface area (Å²) in [6, 6.07) is 47.5. The van der Waals surface area contributed by atoms with E-state index in [0.29, 0.717) is 0 Å². The van der Waals surface area contributed by atoms with Crippen molar-refractivity contribution in [2.75, 3.05) is 0 Å². The zero-order valence-corrected chi connectivity index (χ0v) is 23.2. The highest BCUT2D eigenvalue weighted by Gasteiger charge is 2.14. The molecule has 0 saturated heterocycles. The minimum absolute atomic E-state index is 0.788. The van der Waals surface area contributed by atoms with E-state index in [9.17, 15) is 0 Å². The quantitative estimate of drug-likeness (QED) is 0.214. The highest BCUT2D eigenvalue weighted by atomic mass is 15.1. The molecule has 5 heterocycles. The third-order valence-electron chi connectivity index (χ3n) is 7.73. The van der Waals surface area contributed by atoms with Gasteiger partial charge in [-0.3, -0.25) is 9.55 Å². The molecule has 0 bridgehead atoms. The zero-order chi connectivity index (χ0) is 28.6. The molecule has 0 aliphatic rings. The van der Waals surface area contributed by atoms with Crippen molar-refractivity contribution in [1.82, 2.24) is 24.5 Å². The fraction of sp³-hybridized carbons (Fsp3) is 0. The van der Waals surface area contributed by atoms with Crippen LogP contribution in [0.15, 0.2) is 152 Å². The molecule has 8 aromatic rings. The Morgan fingerprint density at radius 2 is 0.977 bits per heavy atom. The zero-order valence-electron chi connectivity index (χ0n) is 23.2. The average molecular weight is 552 g/mol. The summed E-state index contributed by atoms with van der Waals surface area (Å²) in [5, 5.41) is 2.32. The molecule has 0 amide bonds. The van der Waals surface area contributed by atoms with Crippen molar-refractivity contribution >= 4 is 21.8 Å². The summed E-state index contributed by atoms with van der Waals surface area (Å²) in [5.41, 5.74) is 9.62. The molecule has 0 N–H and O–H groups in total. The SMILES string of the molecule is c1ccc(-c2cccc(-c3cccc(-c4cccc(-c5cccc(-n6c7ccccc7c7ccncc76)n5)n4)n3)c2)cc1. The lowest BCUT2D eigenvalue weighted by Gasteiger charge is -2.10. The van der Waals surface area contributed by atoms with Gasteiger partial charge in [-0.25, -0.2) is 15.0 Å². The molecule has 3 aromatic carbocycles. The Balaban J connectivity index is 1.17. The highest BCUT2D eigenvalue weighted by Crippen LogP contribution is 2.32. The van der Waals surface area contributed by atoms with Crippen LogP contribution in [0, 0.1) is 0 Å². The van der Waals surface area contributed by atoms with Crippen molar-refractivity contribution in [3.8, 4) is 51.0 Å². The molecule has 0 fully saturated rings. The molecule has 8 rings (SSSR count). The van der Waals surface area contributed by atoms with E-state index >= 15 is 0 Å². The smallest absolute Gasteiger partial charge is 0.138 e. The predicted molar refractivity (Wildman–Crippen MR) is 174 cm³/mol. The van der Waals surface area contributed by atoms with Crippen LogP contribution in [0.2, 0.25) is 0 Å². The summed E-state index contributed by atoms with van der Waals surface area (Å²) in [7, 11) is 0. The molecular formula is C38H25N5. The van der Waals surface area contributed by atoms with Gasteiger partial charge in [-0.15, -0.1) is 0 Å². The van der Waals surface area contributed by atoms with Crippen LogP contribution in [0.5, 0.6) is 0 Å². The van der Waals surface area contributed by atoms with E-state index in [0.717, 1.165) is 61.8 Å². The van der Waals surface area contributed by atoms with Gasteiger partial charge in [-0.05, 0) is 65.7 Å². The van der Waals surface area contributed by atoms with Gasteiger partial charge in [0, 0.05) is 22.5 Å². The van der Waals surface area contributed by atoms with Gasteiger partial charge in [-0.1, -0.05) is 84.9 Å². The molecular weight excluding hydrogens is 526 g/mol. The molecule has 5 nitrogen and oxygen atoms in total. The van der Waals surface area contributed by atoms with Crippen LogP contribution in [0.25, 0.3) is 72.8 Å². The second kappa shape index (κ2) is 10.5. The monoisotopic (exact) mass is 551 g/mol. The first-order valence-corrected chi connectivity index (χ1v) is 14.2. The van der Waals surface area contributed by atoms with Crippen LogP contribution in [-0.2, 0) is 0 Å². The van der Waals surface area contributed by atoms with Crippen LogP contribution in [0.4, 0.5) is 0 Å².